The van der Waals surface area contributed by atoms with Crippen molar-refractivity contribution in [2.24, 2.45) is 0 Å². The Bertz CT molecular complexity index is 283. The summed E-state index contributed by atoms with van der Waals surface area (Å²) in [5.74, 6) is 0. The van der Waals surface area contributed by atoms with Crippen LogP contribution in [-0.2, 0) is 6.54 Å². The largest absolute Gasteiger partial charge is 0.396 e. The summed E-state index contributed by atoms with van der Waals surface area (Å²) in [5.41, 5.74) is 1.34. The Morgan fingerprint density at radius 3 is 2.94 bits per heavy atom. The summed E-state index contributed by atoms with van der Waals surface area (Å²) in [7, 11) is 0. The molecule has 1 unspecified atom stereocenters. The SMILES string of the molecule is CCCNC(C)c1cccn1CCCCO. The van der Waals surface area contributed by atoms with Crippen molar-refractivity contribution in [3.8, 4) is 0 Å². The Kier molecular flexibility index (Phi) is 6.19. The predicted molar refractivity (Wildman–Crippen MR) is 67.5 cm³/mol. The molecule has 0 amide bonds. The molecule has 1 aromatic heterocycles. The molecule has 0 saturated carbocycles. The molecular weight excluding hydrogens is 200 g/mol. The molecular formula is C13H24N2O. The van der Waals surface area contributed by atoms with Gasteiger partial charge in [0.2, 0.25) is 0 Å². The van der Waals surface area contributed by atoms with Crippen LogP contribution in [0, 0.1) is 0 Å². The summed E-state index contributed by atoms with van der Waals surface area (Å²) < 4.78 is 2.28. The lowest BCUT2D eigenvalue weighted by atomic mass is 10.2. The molecule has 1 aromatic rings. The van der Waals surface area contributed by atoms with Crippen LogP contribution in [-0.4, -0.2) is 22.8 Å². The Morgan fingerprint density at radius 1 is 1.44 bits per heavy atom. The van der Waals surface area contributed by atoms with Crippen molar-refractivity contribution >= 4 is 0 Å². The summed E-state index contributed by atoms with van der Waals surface area (Å²) in [6, 6.07) is 4.68. The number of aliphatic hydroxyl groups is 1. The van der Waals surface area contributed by atoms with E-state index in [-0.39, 0.29) is 0 Å². The lowest BCUT2D eigenvalue weighted by molar-refractivity contribution is 0.281. The highest BCUT2D eigenvalue weighted by Gasteiger charge is 2.08. The first-order chi connectivity index (χ1) is 7.79. The molecule has 3 nitrogen and oxygen atoms in total. The van der Waals surface area contributed by atoms with Crippen LogP contribution in [0.2, 0.25) is 0 Å². The van der Waals surface area contributed by atoms with Gasteiger partial charge in [0, 0.05) is 31.1 Å². The average Bonchev–Trinajstić information content (AvgIpc) is 2.74. The van der Waals surface area contributed by atoms with Crippen LogP contribution in [0.5, 0.6) is 0 Å². The van der Waals surface area contributed by atoms with Crippen LogP contribution in [0.25, 0.3) is 0 Å². The van der Waals surface area contributed by atoms with E-state index < -0.39 is 0 Å². The summed E-state index contributed by atoms with van der Waals surface area (Å²) in [5, 5.41) is 12.3. The molecule has 16 heavy (non-hydrogen) atoms. The van der Waals surface area contributed by atoms with Gasteiger partial charge in [0.15, 0.2) is 0 Å². The number of aryl methyl sites for hydroxylation is 1. The van der Waals surface area contributed by atoms with Crippen molar-refractivity contribution in [2.45, 2.75) is 45.7 Å². The fourth-order valence-electron chi connectivity index (χ4n) is 1.88. The zero-order valence-corrected chi connectivity index (χ0v) is 10.4. The Morgan fingerprint density at radius 2 is 2.25 bits per heavy atom. The maximum absolute atomic E-state index is 8.77. The summed E-state index contributed by atoms with van der Waals surface area (Å²) >= 11 is 0. The molecule has 92 valence electrons. The minimum Gasteiger partial charge on any atom is -0.396 e. The molecule has 0 aliphatic rings. The van der Waals surface area contributed by atoms with Crippen molar-refractivity contribution in [1.29, 1.82) is 0 Å². The standard InChI is InChI=1S/C13H24N2O/c1-3-8-14-12(2)13-7-6-10-15(13)9-4-5-11-16/h6-7,10,12,14,16H,3-5,8-9,11H2,1-2H3. The minimum absolute atomic E-state index is 0.292. The van der Waals surface area contributed by atoms with Gasteiger partial charge in [0.1, 0.15) is 0 Å². The molecule has 1 rings (SSSR count). The van der Waals surface area contributed by atoms with Crippen LogP contribution in [0.15, 0.2) is 18.3 Å². The fraction of sp³-hybridized carbons (Fsp3) is 0.692. The van der Waals surface area contributed by atoms with Crippen LogP contribution in [0.4, 0.5) is 0 Å². The van der Waals surface area contributed by atoms with Crippen LogP contribution >= 0.6 is 0 Å². The maximum atomic E-state index is 8.77. The molecule has 0 fully saturated rings. The lowest BCUT2D eigenvalue weighted by Gasteiger charge is -2.16. The van der Waals surface area contributed by atoms with E-state index in [2.05, 4.69) is 42.1 Å². The number of aromatic nitrogens is 1. The van der Waals surface area contributed by atoms with Gasteiger partial charge in [-0.1, -0.05) is 6.92 Å². The molecule has 0 aliphatic carbocycles. The van der Waals surface area contributed by atoms with Crippen molar-refractivity contribution < 1.29 is 5.11 Å². The van der Waals surface area contributed by atoms with E-state index in [1.54, 1.807) is 0 Å². The Labute approximate surface area is 98.5 Å². The first kappa shape index (κ1) is 13.3. The van der Waals surface area contributed by atoms with E-state index in [0.29, 0.717) is 12.6 Å². The number of nitrogens with zero attached hydrogens (tertiary/aromatic N) is 1. The van der Waals surface area contributed by atoms with Gasteiger partial charge < -0.3 is 15.0 Å². The van der Waals surface area contributed by atoms with E-state index in [9.17, 15) is 0 Å². The van der Waals surface area contributed by atoms with E-state index in [1.165, 1.54) is 5.69 Å². The van der Waals surface area contributed by atoms with E-state index in [0.717, 1.165) is 32.4 Å². The normalized spacial score (nSPS) is 12.9. The molecule has 0 aromatic carbocycles. The third kappa shape index (κ3) is 3.99. The number of nitrogens with one attached hydrogen (secondary N) is 1. The average molecular weight is 224 g/mol. The van der Waals surface area contributed by atoms with Gasteiger partial charge in [0.25, 0.3) is 0 Å². The van der Waals surface area contributed by atoms with Gasteiger partial charge in [0.05, 0.1) is 0 Å². The van der Waals surface area contributed by atoms with Crippen molar-refractivity contribution in [3.63, 3.8) is 0 Å². The monoisotopic (exact) mass is 224 g/mol. The van der Waals surface area contributed by atoms with Gasteiger partial charge >= 0.3 is 0 Å². The quantitative estimate of drug-likeness (QED) is 0.665. The van der Waals surface area contributed by atoms with Crippen molar-refractivity contribution in [2.75, 3.05) is 13.2 Å². The molecule has 0 bridgehead atoms. The Hall–Kier alpha value is -0.800. The lowest BCUT2D eigenvalue weighted by Crippen LogP contribution is -2.21. The number of aliphatic hydroxyl groups excluding tert-OH is 1. The van der Waals surface area contributed by atoms with Crippen LogP contribution in [0.1, 0.15) is 44.8 Å². The van der Waals surface area contributed by atoms with E-state index >= 15 is 0 Å². The Balaban J connectivity index is 2.48. The van der Waals surface area contributed by atoms with Gasteiger partial charge in [-0.15, -0.1) is 0 Å². The van der Waals surface area contributed by atoms with Crippen molar-refractivity contribution in [3.05, 3.63) is 24.0 Å². The molecule has 1 atom stereocenters. The summed E-state index contributed by atoms with van der Waals surface area (Å²) in [6.07, 6.45) is 5.21. The molecule has 0 aliphatic heterocycles. The molecule has 0 saturated heterocycles. The highest BCUT2D eigenvalue weighted by atomic mass is 16.2. The van der Waals surface area contributed by atoms with E-state index in [4.69, 9.17) is 5.11 Å². The second-order valence-corrected chi connectivity index (χ2v) is 4.23. The smallest absolute Gasteiger partial charge is 0.0446 e. The van der Waals surface area contributed by atoms with Gasteiger partial charge in [-0.25, -0.2) is 0 Å². The minimum atomic E-state index is 0.292. The second-order valence-electron chi connectivity index (χ2n) is 4.23. The van der Waals surface area contributed by atoms with Crippen LogP contribution < -0.4 is 5.32 Å². The topological polar surface area (TPSA) is 37.2 Å². The first-order valence-corrected chi connectivity index (χ1v) is 6.28. The fourth-order valence-corrected chi connectivity index (χ4v) is 1.88. The predicted octanol–water partition coefficient (Wildman–Crippen LogP) is 2.32. The summed E-state index contributed by atoms with van der Waals surface area (Å²) in [4.78, 5) is 0. The highest BCUT2D eigenvalue weighted by Crippen LogP contribution is 2.14. The third-order valence-corrected chi connectivity index (χ3v) is 2.82. The van der Waals surface area contributed by atoms with Gasteiger partial charge in [-0.2, -0.15) is 0 Å². The molecule has 1 heterocycles. The van der Waals surface area contributed by atoms with Gasteiger partial charge in [-0.3, -0.25) is 0 Å². The number of hydrogen-bond donors (Lipinski definition) is 2. The number of rotatable bonds is 8. The zero-order valence-electron chi connectivity index (χ0n) is 10.4. The maximum Gasteiger partial charge on any atom is 0.0446 e. The van der Waals surface area contributed by atoms with Gasteiger partial charge in [-0.05, 0) is 44.9 Å². The number of unbranched alkanes of at least 4 members (excludes halogenated alkanes) is 1. The number of hydrogen-bond acceptors (Lipinski definition) is 2. The summed E-state index contributed by atoms with van der Waals surface area (Å²) in [6.45, 7) is 6.73. The first-order valence-electron chi connectivity index (χ1n) is 6.28. The molecule has 0 spiro atoms. The van der Waals surface area contributed by atoms with E-state index in [1.807, 2.05) is 0 Å². The van der Waals surface area contributed by atoms with Crippen molar-refractivity contribution in [1.82, 2.24) is 9.88 Å². The molecule has 3 heteroatoms. The molecule has 2 N–H and O–H groups in total. The molecule has 0 radical (unpaired) electrons. The highest BCUT2D eigenvalue weighted by molar-refractivity contribution is 5.11. The third-order valence-electron chi connectivity index (χ3n) is 2.82. The second kappa shape index (κ2) is 7.47. The zero-order chi connectivity index (χ0) is 11.8. The van der Waals surface area contributed by atoms with Crippen LogP contribution in [0.3, 0.4) is 0 Å².